The van der Waals surface area contributed by atoms with Crippen molar-refractivity contribution in [1.82, 2.24) is 9.97 Å². The molecule has 0 amide bonds. The highest BCUT2D eigenvalue weighted by molar-refractivity contribution is 5.78. The highest BCUT2D eigenvalue weighted by Crippen LogP contribution is 2.34. The molecule has 3 rings (SSSR count). The van der Waals surface area contributed by atoms with Crippen molar-refractivity contribution in [1.29, 1.82) is 0 Å². The zero-order valence-electron chi connectivity index (χ0n) is 10.1. The summed E-state index contributed by atoms with van der Waals surface area (Å²) in [5, 5.41) is 3.54. The summed E-state index contributed by atoms with van der Waals surface area (Å²) < 4.78 is 0. The van der Waals surface area contributed by atoms with Crippen molar-refractivity contribution >= 4 is 16.7 Å². The first-order chi connectivity index (χ1) is 8.31. The van der Waals surface area contributed by atoms with Crippen LogP contribution in [-0.2, 0) is 0 Å². The van der Waals surface area contributed by atoms with Crippen molar-refractivity contribution in [2.75, 3.05) is 5.32 Å². The third-order valence-electron chi connectivity index (χ3n) is 3.27. The Morgan fingerprint density at radius 3 is 2.76 bits per heavy atom. The van der Waals surface area contributed by atoms with Crippen LogP contribution in [0.25, 0.3) is 11.0 Å². The molecule has 0 saturated heterocycles. The highest BCUT2D eigenvalue weighted by Gasteiger charge is 2.23. The van der Waals surface area contributed by atoms with Gasteiger partial charge in [-0.3, -0.25) is 9.97 Å². The van der Waals surface area contributed by atoms with Crippen LogP contribution in [0.4, 0.5) is 5.69 Å². The van der Waals surface area contributed by atoms with Crippen LogP contribution in [0.2, 0.25) is 0 Å². The maximum Gasteiger partial charge on any atom is 0.0907 e. The molecule has 17 heavy (non-hydrogen) atoms. The Kier molecular flexibility index (Phi) is 2.67. The van der Waals surface area contributed by atoms with E-state index in [4.69, 9.17) is 0 Å². The first-order valence-electron chi connectivity index (χ1n) is 6.28. The minimum Gasteiger partial charge on any atom is -0.383 e. The van der Waals surface area contributed by atoms with E-state index in [0.717, 1.165) is 22.6 Å². The lowest BCUT2D eigenvalue weighted by molar-refractivity contribution is 0.642. The molecule has 0 spiro atoms. The summed E-state index contributed by atoms with van der Waals surface area (Å²) in [6.07, 6.45) is 7.56. The van der Waals surface area contributed by atoms with E-state index in [1.807, 2.05) is 6.07 Å². The first kappa shape index (κ1) is 10.5. The average molecular weight is 227 g/mol. The molecule has 1 heterocycles. The largest absolute Gasteiger partial charge is 0.383 e. The summed E-state index contributed by atoms with van der Waals surface area (Å²) in [4.78, 5) is 8.59. The molecule has 1 atom stereocenters. The third kappa shape index (κ3) is 2.54. The number of nitrogens with one attached hydrogen (secondary N) is 1. The quantitative estimate of drug-likeness (QED) is 0.871. The van der Waals surface area contributed by atoms with Crippen LogP contribution in [-0.4, -0.2) is 16.0 Å². The van der Waals surface area contributed by atoms with Crippen molar-refractivity contribution in [3.63, 3.8) is 0 Å². The molecule has 2 aromatic rings. The van der Waals surface area contributed by atoms with E-state index in [0.29, 0.717) is 6.04 Å². The number of hydrogen-bond donors (Lipinski definition) is 1. The molecule has 3 heteroatoms. The average Bonchev–Trinajstić information content (AvgIpc) is 3.12. The van der Waals surface area contributed by atoms with Crippen molar-refractivity contribution in [2.24, 2.45) is 5.92 Å². The van der Waals surface area contributed by atoms with Crippen molar-refractivity contribution in [3.8, 4) is 0 Å². The van der Waals surface area contributed by atoms with E-state index in [-0.39, 0.29) is 0 Å². The third-order valence-corrected chi connectivity index (χ3v) is 3.27. The topological polar surface area (TPSA) is 37.8 Å². The van der Waals surface area contributed by atoms with Crippen LogP contribution in [0, 0.1) is 5.92 Å². The van der Waals surface area contributed by atoms with Gasteiger partial charge < -0.3 is 5.32 Å². The molecule has 0 bridgehead atoms. The molecule has 3 nitrogen and oxygen atoms in total. The molecule has 1 unspecified atom stereocenters. The normalized spacial score (nSPS) is 17.0. The number of nitrogens with zero attached hydrogens (tertiary/aromatic N) is 2. The monoisotopic (exact) mass is 227 g/mol. The van der Waals surface area contributed by atoms with Gasteiger partial charge in [0.25, 0.3) is 0 Å². The molecule has 1 N–H and O–H groups in total. The van der Waals surface area contributed by atoms with Crippen molar-refractivity contribution in [3.05, 3.63) is 30.6 Å². The fraction of sp³-hybridized carbons (Fsp3) is 0.429. The number of anilines is 1. The van der Waals surface area contributed by atoms with Crippen LogP contribution in [0.3, 0.4) is 0 Å². The van der Waals surface area contributed by atoms with Crippen LogP contribution in [0.1, 0.15) is 26.2 Å². The lowest BCUT2D eigenvalue weighted by Gasteiger charge is -2.14. The van der Waals surface area contributed by atoms with Gasteiger partial charge in [0, 0.05) is 24.1 Å². The molecule has 1 saturated carbocycles. The summed E-state index contributed by atoms with van der Waals surface area (Å²) >= 11 is 0. The summed E-state index contributed by atoms with van der Waals surface area (Å²) in [6, 6.07) is 6.72. The number of aromatic nitrogens is 2. The minimum absolute atomic E-state index is 0.539. The molecule has 1 fully saturated rings. The molecule has 88 valence electrons. The summed E-state index contributed by atoms with van der Waals surface area (Å²) in [7, 11) is 0. The van der Waals surface area contributed by atoms with Gasteiger partial charge in [-0.1, -0.05) is 12.8 Å². The van der Waals surface area contributed by atoms with Gasteiger partial charge in [0.05, 0.1) is 11.0 Å². The van der Waals surface area contributed by atoms with E-state index < -0.39 is 0 Å². The van der Waals surface area contributed by atoms with Crippen molar-refractivity contribution < 1.29 is 0 Å². The van der Waals surface area contributed by atoms with Crippen LogP contribution in [0.5, 0.6) is 0 Å². The fourth-order valence-electron chi connectivity index (χ4n) is 2.25. The summed E-state index contributed by atoms with van der Waals surface area (Å²) in [5.41, 5.74) is 3.05. The smallest absolute Gasteiger partial charge is 0.0907 e. The second-order valence-corrected chi connectivity index (χ2v) is 4.98. The SMILES string of the molecule is CC(CC1CC1)Nc1ccc2nccnc2c1. The summed E-state index contributed by atoms with van der Waals surface area (Å²) in [6.45, 7) is 2.25. The summed E-state index contributed by atoms with van der Waals surface area (Å²) in [5.74, 6) is 0.956. The Morgan fingerprint density at radius 2 is 2.00 bits per heavy atom. The van der Waals surface area contributed by atoms with Gasteiger partial charge in [0.15, 0.2) is 0 Å². The van der Waals surface area contributed by atoms with Gasteiger partial charge in [-0.15, -0.1) is 0 Å². The lowest BCUT2D eigenvalue weighted by Crippen LogP contribution is -2.15. The van der Waals surface area contributed by atoms with E-state index in [1.165, 1.54) is 19.3 Å². The maximum absolute atomic E-state index is 4.32. The van der Waals surface area contributed by atoms with Crippen molar-refractivity contribution in [2.45, 2.75) is 32.2 Å². The van der Waals surface area contributed by atoms with Crippen LogP contribution >= 0.6 is 0 Å². The van der Waals surface area contributed by atoms with Gasteiger partial charge in [0.1, 0.15) is 0 Å². The Bertz CT molecular complexity index is 520. The molecular weight excluding hydrogens is 210 g/mol. The second kappa shape index (κ2) is 4.32. The van der Waals surface area contributed by atoms with Gasteiger partial charge >= 0.3 is 0 Å². The standard InChI is InChI=1S/C14H17N3/c1-10(8-11-2-3-11)17-12-4-5-13-14(9-12)16-7-6-15-13/h4-7,9-11,17H,2-3,8H2,1H3. The van der Waals surface area contributed by atoms with Crippen LogP contribution < -0.4 is 5.32 Å². The van der Waals surface area contributed by atoms with Gasteiger partial charge in [-0.25, -0.2) is 0 Å². The fourth-order valence-corrected chi connectivity index (χ4v) is 2.25. The molecule has 1 aliphatic carbocycles. The Balaban J connectivity index is 1.75. The molecule has 1 aromatic heterocycles. The molecule has 0 aliphatic heterocycles. The lowest BCUT2D eigenvalue weighted by atomic mass is 10.1. The molecule has 1 aliphatic rings. The zero-order chi connectivity index (χ0) is 11.7. The predicted octanol–water partition coefficient (Wildman–Crippen LogP) is 3.23. The molecule has 0 radical (unpaired) electrons. The maximum atomic E-state index is 4.32. The first-order valence-corrected chi connectivity index (χ1v) is 6.28. The number of hydrogen-bond acceptors (Lipinski definition) is 3. The molecular formula is C14H17N3. The number of fused-ring (bicyclic) bond motifs is 1. The highest BCUT2D eigenvalue weighted by atomic mass is 14.9. The van der Waals surface area contributed by atoms with Gasteiger partial charge in [-0.2, -0.15) is 0 Å². The van der Waals surface area contributed by atoms with Gasteiger partial charge in [0.2, 0.25) is 0 Å². The van der Waals surface area contributed by atoms with E-state index in [9.17, 15) is 0 Å². The Morgan fingerprint density at radius 1 is 1.24 bits per heavy atom. The number of rotatable bonds is 4. The molecule has 1 aromatic carbocycles. The Labute approximate surface area is 101 Å². The predicted molar refractivity (Wildman–Crippen MR) is 70.0 cm³/mol. The second-order valence-electron chi connectivity index (χ2n) is 4.98. The van der Waals surface area contributed by atoms with E-state index in [1.54, 1.807) is 12.4 Å². The van der Waals surface area contributed by atoms with Gasteiger partial charge in [-0.05, 0) is 37.5 Å². The zero-order valence-corrected chi connectivity index (χ0v) is 10.1. The number of benzene rings is 1. The van der Waals surface area contributed by atoms with Crippen LogP contribution in [0.15, 0.2) is 30.6 Å². The van der Waals surface area contributed by atoms with E-state index >= 15 is 0 Å². The minimum atomic E-state index is 0.539. The Hall–Kier alpha value is -1.64. The van der Waals surface area contributed by atoms with E-state index in [2.05, 4.69) is 34.3 Å².